The van der Waals surface area contributed by atoms with Gasteiger partial charge in [0.05, 0.1) is 6.10 Å². The lowest BCUT2D eigenvalue weighted by molar-refractivity contribution is -0.146. The van der Waals surface area contributed by atoms with E-state index in [4.69, 9.17) is 4.74 Å². The topological polar surface area (TPSA) is 70.7 Å². The third-order valence-corrected chi connectivity index (χ3v) is 2.55. The van der Waals surface area contributed by atoms with Gasteiger partial charge in [-0.2, -0.15) is 0 Å². The molecule has 16 heavy (non-hydrogen) atoms. The Balaban J connectivity index is 2.32. The fourth-order valence-corrected chi connectivity index (χ4v) is 1.41. The van der Waals surface area contributed by atoms with Gasteiger partial charge in [0.25, 0.3) is 0 Å². The second-order valence-electron chi connectivity index (χ2n) is 3.80. The van der Waals surface area contributed by atoms with Crippen LogP contribution in [0.25, 0.3) is 0 Å². The number of carbonyl (C=O) groups excluding carboxylic acids is 2. The van der Waals surface area contributed by atoms with Crippen LogP contribution in [-0.4, -0.2) is 62.7 Å². The van der Waals surface area contributed by atoms with Gasteiger partial charge in [-0.1, -0.05) is 0 Å². The summed E-state index contributed by atoms with van der Waals surface area (Å²) in [6, 6.07) is 0. The zero-order chi connectivity index (χ0) is 12.0. The van der Waals surface area contributed by atoms with Gasteiger partial charge >= 0.3 is 11.8 Å². The number of hydrogen-bond donors (Lipinski definition) is 2. The van der Waals surface area contributed by atoms with Gasteiger partial charge in [-0.05, 0) is 6.92 Å². The second kappa shape index (κ2) is 6.44. The molecule has 0 aromatic carbocycles. The number of nitrogens with one attached hydrogen (secondary N) is 2. The molecule has 2 N–H and O–H groups in total. The highest BCUT2D eigenvalue weighted by molar-refractivity contribution is 6.35. The summed E-state index contributed by atoms with van der Waals surface area (Å²) in [4.78, 5) is 24.7. The Labute approximate surface area is 95.3 Å². The van der Waals surface area contributed by atoms with Crippen LogP contribution in [-0.2, 0) is 14.3 Å². The van der Waals surface area contributed by atoms with E-state index in [1.54, 1.807) is 12.0 Å². The van der Waals surface area contributed by atoms with E-state index in [1.165, 1.54) is 0 Å². The molecule has 1 unspecified atom stereocenters. The number of carbonyl (C=O) groups is 2. The number of amides is 2. The van der Waals surface area contributed by atoms with Crippen molar-refractivity contribution in [3.63, 3.8) is 0 Å². The van der Waals surface area contributed by atoms with Gasteiger partial charge in [0.2, 0.25) is 0 Å². The van der Waals surface area contributed by atoms with Gasteiger partial charge in [-0.25, -0.2) is 0 Å². The molecule has 1 heterocycles. The van der Waals surface area contributed by atoms with E-state index in [9.17, 15) is 9.59 Å². The van der Waals surface area contributed by atoms with Crippen LogP contribution in [0, 0.1) is 0 Å². The molecule has 92 valence electrons. The number of rotatable bonds is 3. The van der Waals surface area contributed by atoms with Gasteiger partial charge in [-0.3, -0.25) is 9.59 Å². The van der Waals surface area contributed by atoms with Crippen LogP contribution >= 0.6 is 0 Å². The number of ether oxygens (including phenoxy) is 1. The number of nitrogens with zero attached hydrogens (tertiary/aromatic N) is 1. The Morgan fingerprint density at radius 3 is 2.62 bits per heavy atom. The standard InChI is InChI=1S/C10H19N3O3/c1-8(16-2)7-12-9(14)10(15)13-5-3-11-4-6-13/h8,11H,3-7H2,1-2H3,(H,12,14). The quantitative estimate of drug-likeness (QED) is 0.582. The molecule has 1 atom stereocenters. The minimum atomic E-state index is -0.550. The van der Waals surface area contributed by atoms with Crippen molar-refractivity contribution in [3.05, 3.63) is 0 Å². The number of hydrogen-bond acceptors (Lipinski definition) is 4. The molecule has 0 aromatic heterocycles. The summed E-state index contributed by atoms with van der Waals surface area (Å²) < 4.78 is 4.98. The molecule has 1 fully saturated rings. The Hall–Kier alpha value is -1.14. The lowest BCUT2D eigenvalue weighted by Gasteiger charge is -2.26. The second-order valence-corrected chi connectivity index (χ2v) is 3.80. The number of methoxy groups -OCH3 is 1. The van der Waals surface area contributed by atoms with E-state index in [-0.39, 0.29) is 6.10 Å². The first-order valence-corrected chi connectivity index (χ1v) is 5.45. The summed E-state index contributed by atoms with van der Waals surface area (Å²) in [5.41, 5.74) is 0. The molecular weight excluding hydrogens is 210 g/mol. The molecule has 0 bridgehead atoms. The lowest BCUT2D eigenvalue weighted by atomic mass is 10.3. The first-order valence-electron chi connectivity index (χ1n) is 5.45. The minimum Gasteiger partial charge on any atom is -0.380 e. The van der Waals surface area contributed by atoms with Crippen LogP contribution < -0.4 is 10.6 Å². The van der Waals surface area contributed by atoms with E-state index in [1.807, 2.05) is 6.92 Å². The molecule has 2 amide bonds. The summed E-state index contributed by atoms with van der Waals surface area (Å²) in [7, 11) is 1.56. The first kappa shape index (κ1) is 12.9. The molecule has 0 aromatic rings. The van der Waals surface area contributed by atoms with E-state index in [0.29, 0.717) is 19.6 Å². The van der Waals surface area contributed by atoms with Crippen molar-refractivity contribution in [2.75, 3.05) is 39.8 Å². The van der Waals surface area contributed by atoms with Crippen molar-refractivity contribution >= 4 is 11.8 Å². The van der Waals surface area contributed by atoms with Crippen molar-refractivity contribution in [1.82, 2.24) is 15.5 Å². The Kier molecular flexibility index (Phi) is 5.21. The molecule has 6 nitrogen and oxygen atoms in total. The molecule has 0 aliphatic carbocycles. The Morgan fingerprint density at radius 2 is 2.06 bits per heavy atom. The number of piperazine rings is 1. The van der Waals surface area contributed by atoms with E-state index in [0.717, 1.165) is 13.1 Å². The third kappa shape index (κ3) is 3.79. The van der Waals surface area contributed by atoms with E-state index in [2.05, 4.69) is 10.6 Å². The third-order valence-electron chi connectivity index (χ3n) is 2.55. The smallest absolute Gasteiger partial charge is 0.311 e. The lowest BCUT2D eigenvalue weighted by Crippen LogP contribution is -2.51. The fraction of sp³-hybridized carbons (Fsp3) is 0.800. The summed E-state index contributed by atoms with van der Waals surface area (Å²) in [6.07, 6.45) is -0.0835. The Morgan fingerprint density at radius 1 is 1.44 bits per heavy atom. The van der Waals surface area contributed by atoms with Crippen LogP contribution in [0.5, 0.6) is 0 Å². The monoisotopic (exact) mass is 229 g/mol. The van der Waals surface area contributed by atoms with Crippen LogP contribution in [0.4, 0.5) is 0 Å². The van der Waals surface area contributed by atoms with Gasteiger partial charge in [0.15, 0.2) is 0 Å². The van der Waals surface area contributed by atoms with Gasteiger partial charge in [0.1, 0.15) is 0 Å². The summed E-state index contributed by atoms with van der Waals surface area (Å²) in [5, 5.41) is 5.68. The Bertz CT molecular complexity index is 252. The highest BCUT2D eigenvalue weighted by atomic mass is 16.5. The summed E-state index contributed by atoms with van der Waals surface area (Å²) in [5.74, 6) is -1.00. The van der Waals surface area contributed by atoms with Gasteiger partial charge in [-0.15, -0.1) is 0 Å². The van der Waals surface area contributed by atoms with Crippen molar-refractivity contribution in [2.45, 2.75) is 13.0 Å². The zero-order valence-electron chi connectivity index (χ0n) is 9.78. The highest BCUT2D eigenvalue weighted by Gasteiger charge is 2.22. The maximum absolute atomic E-state index is 11.6. The van der Waals surface area contributed by atoms with Crippen LogP contribution in [0.2, 0.25) is 0 Å². The van der Waals surface area contributed by atoms with Crippen molar-refractivity contribution < 1.29 is 14.3 Å². The molecular formula is C10H19N3O3. The zero-order valence-corrected chi connectivity index (χ0v) is 9.78. The molecule has 1 aliphatic heterocycles. The van der Waals surface area contributed by atoms with E-state index >= 15 is 0 Å². The maximum atomic E-state index is 11.6. The molecule has 0 saturated carbocycles. The predicted octanol–water partition coefficient (Wildman–Crippen LogP) is -1.43. The first-order chi connectivity index (χ1) is 7.65. The largest absolute Gasteiger partial charge is 0.380 e. The van der Waals surface area contributed by atoms with Crippen molar-refractivity contribution in [1.29, 1.82) is 0 Å². The fourth-order valence-electron chi connectivity index (χ4n) is 1.41. The SMILES string of the molecule is COC(C)CNC(=O)C(=O)N1CCNCC1. The average molecular weight is 229 g/mol. The molecule has 1 rings (SSSR count). The molecule has 1 aliphatic rings. The summed E-state index contributed by atoms with van der Waals surface area (Å²) >= 11 is 0. The van der Waals surface area contributed by atoms with Gasteiger partial charge < -0.3 is 20.3 Å². The normalized spacial score (nSPS) is 18.0. The van der Waals surface area contributed by atoms with Crippen molar-refractivity contribution in [3.8, 4) is 0 Å². The average Bonchev–Trinajstić information content (AvgIpc) is 2.35. The van der Waals surface area contributed by atoms with Crippen LogP contribution in [0.1, 0.15) is 6.92 Å². The molecule has 6 heteroatoms. The molecule has 0 radical (unpaired) electrons. The summed E-state index contributed by atoms with van der Waals surface area (Å²) in [6.45, 7) is 4.85. The molecule has 0 spiro atoms. The van der Waals surface area contributed by atoms with Crippen LogP contribution in [0.15, 0.2) is 0 Å². The maximum Gasteiger partial charge on any atom is 0.311 e. The highest BCUT2D eigenvalue weighted by Crippen LogP contribution is 1.93. The van der Waals surface area contributed by atoms with Gasteiger partial charge in [0, 0.05) is 39.8 Å². The van der Waals surface area contributed by atoms with E-state index < -0.39 is 11.8 Å². The molecule has 1 saturated heterocycles. The minimum absolute atomic E-state index is 0.0835. The predicted molar refractivity (Wildman–Crippen MR) is 58.9 cm³/mol. The van der Waals surface area contributed by atoms with Crippen molar-refractivity contribution in [2.24, 2.45) is 0 Å². The van der Waals surface area contributed by atoms with Crippen LogP contribution in [0.3, 0.4) is 0 Å².